The van der Waals surface area contributed by atoms with Crippen molar-refractivity contribution in [2.75, 3.05) is 13.1 Å². The Labute approximate surface area is 126 Å². The van der Waals surface area contributed by atoms with Crippen LogP contribution in [0.5, 0.6) is 0 Å². The van der Waals surface area contributed by atoms with Gasteiger partial charge in [0.05, 0.1) is 5.92 Å². The second kappa shape index (κ2) is 5.60. The van der Waals surface area contributed by atoms with Crippen LogP contribution < -0.4 is 0 Å². The van der Waals surface area contributed by atoms with Crippen molar-refractivity contribution in [1.29, 1.82) is 0 Å². The standard InChI is InChI=1S/C17H23N3O/c1-17(2,3)16-18-15(21-19-16)14-9-10-20(12-14)11-13-7-5-4-6-8-13/h4-8,14H,9-12H2,1-3H3. The van der Waals surface area contributed by atoms with Crippen molar-refractivity contribution >= 4 is 0 Å². The van der Waals surface area contributed by atoms with Gasteiger partial charge in [0.2, 0.25) is 5.89 Å². The van der Waals surface area contributed by atoms with Crippen molar-refractivity contribution < 1.29 is 4.52 Å². The average molecular weight is 285 g/mol. The Morgan fingerprint density at radius 1 is 1.24 bits per heavy atom. The Morgan fingerprint density at radius 2 is 2.00 bits per heavy atom. The molecule has 0 N–H and O–H groups in total. The predicted octanol–water partition coefficient (Wildman–Crippen LogP) is 3.36. The molecule has 2 aromatic rings. The van der Waals surface area contributed by atoms with Gasteiger partial charge in [0.1, 0.15) is 0 Å². The van der Waals surface area contributed by atoms with Gasteiger partial charge in [0.25, 0.3) is 0 Å². The van der Waals surface area contributed by atoms with E-state index in [1.165, 1.54) is 5.56 Å². The molecule has 1 atom stereocenters. The van der Waals surface area contributed by atoms with E-state index < -0.39 is 0 Å². The van der Waals surface area contributed by atoms with E-state index in [9.17, 15) is 0 Å². The minimum atomic E-state index is -0.0515. The van der Waals surface area contributed by atoms with Gasteiger partial charge in [-0.05, 0) is 18.5 Å². The average Bonchev–Trinajstić information content (AvgIpc) is 3.07. The summed E-state index contributed by atoms with van der Waals surface area (Å²) in [5.74, 6) is 1.98. The molecule has 1 unspecified atom stereocenters. The van der Waals surface area contributed by atoms with E-state index in [-0.39, 0.29) is 5.41 Å². The zero-order valence-electron chi connectivity index (χ0n) is 13.0. The summed E-state index contributed by atoms with van der Waals surface area (Å²) in [5, 5.41) is 4.14. The minimum absolute atomic E-state index is 0.0515. The summed E-state index contributed by atoms with van der Waals surface area (Å²) in [6.45, 7) is 9.42. The smallest absolute Gasteiger partial charge is 0.231 e. The molecule has 112 valence electrons. The van der Waals surface area contributed by atoms with Crippen LogP contribution in [0.25, 0.3) is 0 Å². The summed E-state index contributed by atoms with van der Waals surface area (Å²) >= 11 is 0. The highest BCUT2D eigenvalue weighted by molar-refractivity contribution is 5.15. The third-order valence-corrected chi connectivity index (χ3v) is 3.98. The first-order valence-corrected chi connectivity index (χ1v) is 7.63. The molecule has 2 heterocycles. The van der Waals surface area contributed by atoms with E-state index in [0.717, 1.165) is 37.8 Å². The Balaban J connectivity index is 1.63. The lowest BCUT2D eigenvalue weighted by Crippen LogP contribution is -2.19. The molecule has 4 nitrogen and oxygen atoms in total. The van der Waals surface area contributed by atoms with Crippen LogP contribution in [0.3, 0.4) is 0 Å². The van der Waals surface area contributed by atoms with E-state index >= 15 is 0 Å². The van der Waals surface area contributed by atoms with Crippen LogP contribution in [0.15, 0.2) is 34.9 Å². The van der Waals surface area contributed by atoms with Gasteiger partial charge in [0, 0.05) is 18.5 Å². The van der Waals surface area contributed by atoms with Gasteiger partial charge in [-0.15, -0.1) is 0 Å². The molecule has 21 heavy (non-hydrogen) atoms. The number of nitrogens with zero attached hydrogens (tertiary/aromatic N) is 3. The number of hydrogen-bond acceptors (Lipinski definition) is 4. The summed E-state index contributed by atoms with van der Waals surface area (Å²) in [5.41, 5.74) is 1.31. The zero-order chi connectivity index (χ0) is 14.9. The predicted molar refractivity (Wildman–Crippen MR) is 82.1 cm³/mol. The normalized spacial score (nSPS) is 20.0. The number of aromatic nitrogens is 2. The largest absolute Gasteiger partial charge is 0.339 e. The summed E-state index contributed by atoms with van der Waals surface area (Å²) in [6, 6.07) is 10.6. The molecule has 3 rings (SSSR count). The Bertz CT molecular complexity index is 586. The van der Waals surface area contributed by atoms with Crippen LogP contribution in [0.4, 0.5) is 0 Å². The van der Waals surface area contributed by atoms with Crippen LogP contribution in [0.2, 0.25) is 0 Å². The number of benzene rings is 1. The summed E-state index contributed by atoms with van der Waals surface area (Å²) in [6.07, 6.45) is 1.10. The number of likely N-dealkylation sites (tertiary alicyclic amines) is 1. The zero-order valence-corrected chi connectivity index (χ0v) is 13.0. The first kappa shape index (κ1) is 14.3. The molecule has 4 heteroatoms. The molecule has 1 aromatic heterocycles. The lowest BCUT2D eigenvalue weighted by atomic mass is 9.96. The lowest BCUT2D eigenvalue weighted by Gasteiger charge is -2.15. The van der Waals surface area contributed by atoms with Gasteiger partial charge in [-0.1, -0.05) is 56.3 Å². The highest BCUT2D eigenvalue weighted by atomic mass is 16.5. The molecular formula is C17H23N3O. The molecule has 0 radical (unpaired) electrons. The van der Waals surface area contributed by atoms with Crippen LogP contribution in [-0.4, -0.2) is 28.1 Å². The summed E-state index contributed by atoms with van der Waals surface area (Å²) in [4.78, 5) is 7.06. The van der Waals surface area contributed by atoms with E-state index in [0.29, 0.717) is 5.92 Å². The maximum absolute atomic E-state index is 5.49. The van der Waals surface area contributed by atoms with Crippen molar-refractivity contribution in [3.63, 3.8) is 0 Å². The molecular weight excluding hydrogens is 262 g/mol. The second-order valence-corrected chi connectivity index (χ2v) is 6.91. The fraction of sp³-hybridized carbons (Fsp3) is 0.529. The molecule has 1 aliphatic heterocycles. The van der Waals surface area contributed by atoms with E-state index in [1.54, 1.807) is 0 Å². The molecule has 1 aliphatic rings. The van der Waals surface area contributed by atoms with Gasteiger partial charge >= 0.3 is 0 Å². The summed E-state index contributed by atoms with van der Waals surface area (Å²) in [7, 11) is 0. The molecule has 0 saturated carbocycles. The Hall–Kier alpha value is -1.68. The fourth-order valence-electron chi connectivity index (χ4n) is 2.73. The molecule has 1 aromatic carbocycles. The maximum atomic E-state index is 5.49. The Kier molecular flexibility index (Phi) is 3.81. The highest BCUT2D eigenvalue weighted by Crippen LogP contribution is 2.29. The van der Waals surface area contributed by atoms with Crippen LogP contribution in [0.1, 0.15) is 50.4 Å². The second-order valence-electron chi connectivity index (χ2n) is 6.91. The topological polar surface area (TPSA) is 42.2 Å². The quantitative estimate of drug-likeness (QED) is 0.867. The molecule has 0 amide bonds. The van der Waals surface area contributed by atoms with Crippen LogP contribution in [-0.2, 0) is 12.0 Å². The maximum Gasteiger partial charge on any atom is 0.231 e. The van der Waals surface area contributed by atoms with Crippen molar-refractivity contribution in [3.05, 3.63) is 47.6 Å². The molecule has 1 fully saturated rings. The van der Waals surface area contributed by atoms with Gasteiger partial charge < -0.3 is 4.52 Å². The van der Waals surface area contributed by atoms with Crippen molar-refractivity contribution in [2.24, 2.45) is 0 Å². The van der Waals surface area contributed by atoms with Crippen LogP contribution >= 0.6 is 0 Å². The van der Waals surface area contributed by atoms with Gasteiger partial charge in [0.15, 0.2) is 5.82 Å². The van der Waals surface area contributed by atoms with E-state index in [2.05, 4.69) is 66.1 Å². The third-order valence-electron chi connectivity index (χ3n) is 3.98. The number of rotatable bonds is 3. The van der Waals surface area contributed by atoms with E-state index in [4.69, 9.17) is 4.52 Å². The first-order chi connectivity index (χ1) is 10.0. The molecule has 0 bridgehead atoms. The fourth-order valence-corrected chi connectivity index (χ4v) is 2.73. The Morgan fingerprint density at radius 3 is 2.67 bits per heavy atom. The first-order valence-electron chi connectivity index (χ1n) is 7.63. The van der Waals surface area contributed by atoms with E-state index in [1.807, 2.05) is 0 Å². The monoisotopic (exact) mass is 285 g/mol. The van der Waals surface area contributed by atoms with Crippen molar-refractivity contribution in [3.8, 4) is 0 Å². The molecule has 0 aliphatic carbocycles. The molecule has 0 spiro atoms. The SMILES string of the molecule is CC(C)(C)c1noc(C2CCN(Cc3ccccc3)C2)n1. The number of hydrogen-bond donors (Lipinski definition) is 0. The lowest BCUT2D eigenvalue weighted by molar-refractivity contribution is 0.307. The molecule has 1 saturated heterocycles. The van der Waals surface area contributed by atoms with Crippen molar-refractivity contribution in [1.82, 2.24) is 15.0 Å². The summed E-state index contributed by atoms with van der Waals surface area (Å²) < 4.78 is 5.49. The highest BCUT2D eigenvalue weighted by Gasteiger charge is 2.30. The van der Waals surface area contributed by atoms with Crippen LogP contribution in [0, 0.1) is 0 Å². The third kappa shape index (κ3) is 3.32. The van der Waals surface area contributed by atoms with Gasteiger partial charge in [-0.3, -0.25) is 4.90 Å². The van der Waals surface area contributed by atoms with Gasteiger partial charge in [-0.25, -0.2) is 0 Å². The van der Waals surface area contributed by atoms with Crippen molar-refractivity contribution in [2.45, 2.75) is 45.1 Å². The minimum Gasteiger partial charge on any atom is -0.339 e. The van der Waals surface area contributed by atoms with Gasteiger partial charge in [-0.2, -0.15) is 4.98 Å².